The van der Waals surface area contributed by atoms with Crippen molar-refractivity contribution in [3.05, 3.63) is 54.0 Å². The van der Waals surface area contributed by atoms with E-state index in [1.807, 2.05) is 13.0 Å². The number of aliphatic hydroxyl groups is 1. The molecule has 23 heavy (non-hydrogen) atoms. The molecule has 0 amide bonds. The zero-order valence-corrected chi connectivity index (χ0v) is 12.5. The van der Waals surface area contributed by atoms with Gasteiger partial charge in [0.2, 0.25) is 0 Å². The highest BCUT2D eigenvalue weighted by atomic mass is 19.4. The predicted molar refractivity (Wildman–Crippen MR) is 78.1 cm³/mol. The summed E-state index contributed by atoms with van der Waals surface area (Å²) in [7, 11) is 0. The molecule has 0 bridgehead atoms. The molecule has 0 spiro atoms. The van der Waals surface area contributed by atoms with E-state index in [0.717, 1.165) is 17.9 Å². The van der Waals surface area contributed by atoms with Gasteiger partial charge >= 0.3 is 6.18 Å². The van der Waals surface area contributed by atoms with Gasteiger partial charge in [0.05, 0.1) is 17.9 Å². The van der Waals surface area contributed by atoms with Crippen LogP contribution in [-0.4, -0.2) is 24.4 Å². The lowest BCUT2D eigenvalue weighted by Gasteiger charge is -2.16. The van der Waals surface area contributed by atoms with Gasteiger partial charge in [0.15, 0.2) is 0 Å². The van der Waals surface area contributed by atoms with Gasteiger partial charge in [0.25, 0.3) is 0 Å². The van der Waals surface area contributed by atoms with Crippen LogP contribution in [0.5, 0.6) is 5.75 Å². The van der Waals surface area contributed by atoms with Crippen molar-refractivity contribution in [3.8, 4) is 5.75 Å². The molecular weight excluding hydrogens is 311 g/mol. The lowest BCUT2D eigenvalue weighted by atomic mass is 10.2. The van der Waals surface area contributed by atoms with E-state index < -0.39 is 17.8 Å². The number of benzene rings is 1. The third-order valence-electron chi connectivity index (χ3n) is 3.23. The minimum atomic E-state index is -4.42. The third kappa shape index (κ3) is 5.30. The zero-order chi connectivity index (χ0) is 16.9. The summed E-state index contributed by atoms with van der Waals surface area (Å²) in [6.07, 6.45) is -3.72. The van der Waals surface area contributed by atoms with Crippen LogP contribution in [-0.2, 0) is 6.18 Å². The summed E-state index contributed by atoms with van der Waals surface area (Å²) in [4.78, 5) is 0. The summed E-state index contributed by atoms with van der Waals surface area (Å²) in [6, 6.07) is 8.04. The molecule has 126 valence electrons. The van der Waals surface area contributed by atoms with Gasteiger partial charge in [-0.3, -0.25) is 0 Å². The minimum Gasteiger partial charge on any atom is -0.491 e. The number of nitrogens with one attached hydrogen (secondary N) is 1. The maximum atomic E-state index is 12.6. The first-order chi connectivity index (χ1) is 10.9. The van der Waals surface area contributed by atoms with Gasteiger partial charge in [0, 0.05) is 6.54 Å². The fraction of sp³-hybridized carbons (Fsp3) is 0.375. The fourth-order valence-electron chi connectivity index (χ4n) is 1.96. The maximum absolute atomic E-state index is 12.6. The Morgan fingerprint density at radius 3 is 2.70 bits per heavy atom. The van der Waals surface area contributed by atoms with Crippen molar-refractivity contribution < 1.29 is 27.4 Å². The Morgan fingerprint density at radius 2 is 2.04 bits per heavy atom. The molecule has 1 aromatic carbocycles. The monoisotopic (exact) mass is 329 g/mol. The van der Waals surface area contributed by atoms with E-state index in [2.05, 4.69) is 5.32 Å². The molecule has 2 unspecified atom stereocenters. The quantitative estimate of drug-likeness (QED) is 0.817. The third-order valence-corrected chi connectivity index (χ3v) is 3.23. The van der Waals surface area contributed by atoms with Crippen LogP contribution in [0.25, 0.3) is 0 Å². The standard InChI is InChI=1S/C16H18F3NO3/c1-11(15-6-3-7-22-15)20-9-13(21)10-23-14-5-2-4-12(8-14)16(17,18)19/h2-8,11,13,20-21H,9-10H2,1H3. The van der Waals surface area contributed by atoms with Crippen molar-refractivity contribution in [2.24, 2.45) is 0 Å². The van der Waals surface area contributed by atoms with E-state index in [1.54, 1.807) is 12.3 Å². The van der Waals surface area contributed by atoms with Crippen LogP contribution in [0.15, 0.2) is 47.1 Å². The molecule has 2 N–H and O–H groups in total. The highest BCUT2D eigenvalue weighted by Crippen LogP contribution is 2.31. The smallest absolute Gasteiger partial charge is 0.416 e. The molecule has 1 heterocycles. The molecule has 0 fully saturated rings. The minimum absolute atomic E-state index is 0.0676. The van der Waals surface area contributed by atoms with E-state index in [1.165, 1.54) is 12.1 Å². The number of ether oxygens (including phenoxy) is 1. The van der Waals surface area contributed by atoms with Crippen molar-refractivity contribution in [1.29, 1.82) is 0 Å². The van der Waals surface area contributed by atoms with Gasteiger partial charge in [0.1, 0.15) is 24.2 Å². The summed E-state index contributed by atoms with van der Waals surface area (Å²) in [5, 5.41) is 12.9. The highest BCUT2D eigenvalue weighted by molar-refractivity contribution is 5.30. The molecule has 4 nitrogen and oxygen atoms in total. The molecule has 1 aromatic heterocycles. The van der Waals surface area contributed by atoms with Crippen LogP contribution in [0.1, 0.15) is 24.3 Å². The molecule has 2 atom stereocenters. The molecule has 7 heteroatoms. The first-order valence-corrected chi connectivity index (χ1v) is 7.11. The number of furan rings is 1. The number of hydrogen-bond acceptors (Lipinski definition) is 4. The SMILES string of the molecule is CC(NCC(O)COc1cccc(C(F)(F)F)c1)c1ccco1. The van der Waals surface area contributed by atoms with Gasteiger partial charge in [-0.1, -0.05) is 6.07 Å². The summed E-state index contributed by atoms with van der Waals surface area (Å²) in [5.74, 6) is 0.800. The van der Waals surface area contributed by atoms with E-state index in [9.17, 15) is 18.3 Å². The zero-order valence-electron chi connectivity index (χ0n) is 12.5. The summed E-state index contributed by atoms with van der Waals surface area (Å²) < 4.78 is 48.2. The Morgan fingerprint density at radius 1 is 1.26 bits per heavy atom. The van der Waals surface area contributed by atoms with Gasteiger partial charge in [-0.15, -0.1) is 0 Å². The lowest BCUT2D eigenvalue weighted by molar-refractivity contribution is -0.137. The first kappa shape index (κ1) is 17.4. The largest absolute Gasteiger partial charge is 0.491 e. The molecule has 2 rings (SSSR count). The van der Waals surface area contributed by atoms with Crippen LogP contribution in [0, 0.1) is 0 Å². The topological polar surface area (TPSA) is 54.6 Å². The fourth-order valence-corrected chi connectivity index (χ4v) is 1.96. The number of aliphatic hydroxyl groups excluding tert-OH is 1. The van der Waals surface area contributed by atoms with Crippen molar-refractivity contribution in [2.75, 3.05) is 13.2 Å². The Bertz CT molecular complexity index is 599. The number of halogens is 3. The van der Waals surface area contributed by atoms with Crippen molar-refractivity contribution >= 4 is 0 Å². The number of alkyl halides is 3. The van der Waals surface area contributed by atoms with E-state index in [-0.39, 0.29) is 24.9 Å². The van der Waals surface area contributed by atoms with Gasteiger partial charge in [-0.25, -0.2) is 0 Å². The van der Waals surface area contributed by atoms with E-state index in [0.29, 0.717) is 0 Å². The van der Waals surface area contributed by atoms with Gasteiger partial charge in [-0.2, -0.15) is 13.2 Å². The van der Waals surface area contributed by atoms with Crippen molar-refractivity contribution in [3.63, 3.8) is 0 Å². The summed E-state index contributed by atoms with van der Waals surface area (Å²) in [5.41, 5.74) is -0.783. The van der Waals surface area contributed by atoms with Gasteiger partial charge in [-0.05, 0) is 37.3 Å². The van der Waals surface area contributed by atoms with Crippen LogP contribution in [0.3, 0.4) is 0 Å². The van der Waals surface area contributed by atoms with Crippen molar-refractivity contribution in [2.45, 2.75) is 25.2 Å². The van der Waals surface area contributed by atoms with Crippen LogP contribution >= 0.6 is 0 Å². The van der Waals surface area contributed by atoms with Crippen LogP contribution in [0.4, 0.5) is 13.2 Å². The number of hydrogen-bond donors (Lipinski definition) is 2. The molecule has 0 radical (unpaired) electrons. The van der Waals surface area contributed by atoms with Crippen molar-refractivity contribution in [1.82, 2.24) is 5.32 Å². The van der Waals surface area contributed by atoms with Crippen LogP contribution in [0.2, 0.25) is 0 Å². The summed E-state index contributed by atoms with van der Waals surface area (Å²) >= 11 is 0. The molecule has 0 aliphatic carbocycles. The van der Waals surface area contributed by atoms with E-state index in [4.69, 9.17) is 9.15 Å². The predicted octanol–water partition coefficient (Wildman–Crippen LogP) is 3.39. The second-order valence-electron chi connectivity index (χ2n) is 5.14. The normalized spacial score (nSPS) is 14.5. The Balaban J connectivity index is 1.79. The van der Waals surface area contributed by atoms with Crippen LogP contribution < -0.4 is 10.1 Å². The Hall–Kier alpha value is -1.99. The Kier molecular flexibility index (Phi) is 5.68. The Labute approximate surface area is 131 Å². The molecule has 0 aliphatic heterocycles. The van der Waals surface area contributed by atoms with Gasteiger partial charge < -0.3 is 19.6 Å². The second-order valence-corrected chi connectivity index (χ2v) is 5.14. The summed E-state index contributed by atoms with van der Waals surface area (Å²) in [6.45, 7) is 1.99. The lowest BCUT2D eigenvalue weighted by Crippen LogP contribution is -2.32. The highest BCUT2D eigenvalue weighted by Gasteiger charge is 2.30. The maximum Gasteiger partial charge on any atom is 0.416 e. The second kappa shape index (κ2) is 7.52. The number of rotatable bonds is 7. The average molecular weight is 329 g/mol. The molecule has 0 aliphatic rings. The molecule has 0 saturated heterocycles. The van der Waals surface area contributed by atoms with E-state index >= 15 is 0 Å². The molecule has 2 aromatic rings. The first-order valence-electron chi connectivity index (χ1n) is 7.11. The average Bonchev–Trinajstić information content (AvgIpc) is 3.04. The molecule has 0 saturated carbocycles. The molecular formula is C16H18F3NO3.